The predicted molar refractivity (Wildman–Crippen MR) is 110 cm³/mol. The van der Waals surface area contributed by atoms with Gasteiger partial charge in [0.05, 0.1) is 19.3 Å². The molecule has 0 aliphatic rings. The van der Waals surface area contributed by atoms with Crippen LogP contribution in [-0.2, 0) is 30.4 Å². The molecule has 10 N–H and O–H groups in total. The number of aliphatic carboxylic acids is 2. The zero-order valence-corrected chi connectivity index (χ0v) is 17.4. The van der Waals surface area contributed by atoms with Crippen LogP contribution in [0.1, 0.15) is 31.4 Å². The summed E-state index contributed by atoms with van der Waals surface area (Å²) >= 11 is 0. The summed E-state index contributed by atoms with van der Waals surface area (Å²) < 4.78 is 0. The summed E-state index contributed by atoms with van der Waals surface area (Å²) in [4.78, 5) is 66.1. The molecule has 0 spiro atoms. The van der Waals surface area contributed by atoms with Gasteiger partial charge in [-0.15, -0.1) is 0 Å². The molecule has 0 saturated heterocycles. The van der Waals surface area contributed by atoms with Gasteiger partial charge >= 0.3 is 11.9 Å². The fourth-order valence-corrected chi connectivity index (χ4v) is 2.76. The Bertz CT molecular complexity index is 785. The maximum Gasteiger partial charge on any atom is 0.326 e. The first-order chi connectivity index (χ1) is 15.2. The number of carbonyl (C=O) groups excluding carboxylic acids is 3. The van der Waals surface area contributed by atoms with Crippen molar-refractivity contribution in [2.45, 2.75) is 50.2 Å². The Morgan fingerprint density at radius 3 is 2.16 bits per heavy atom. The fourth-order valence-electron chi connectivity index (χ4n) is 2.76. The van der Waals surface area contributed by atoms with Crippen molar-refractivity contribution in [2.24, 2.45) is 11.5 Å². The molecular formula is C18H29N7O7. The van der Waals surface area contributed by atoms with Crippen LogP contribution < -0.4 is 27.4 Å². The maximum absolute atomic E-state index is 12.8. The standard InChI is InChI=1S/C18H29N7O7/c19-4-2-1-3-11(24-17(30)12(6-15(27)28)23-14(26)7-20)16(29)25-13(18(31)32)5-10-8-21-9-22-10/h8-9,11-13H,1-7,19-20H2,(H,21,22)(H,23,26)(H,24,30)(H,25,29)(H,27,28)(H,31,32). The summed E-state index contributed by atoms with van der Waals surface area (Å²) in [6.45, 7) is -0.119. The van der Waals surface area contributed by atoms with Gasteiger partial charge in [-0.3, -0.25) is 19.2 Å². The molecule has 32 heavy (non-hydrogen) atoms. The number of nitrogens with two attached hydrogens (primary N) is 2. The third-order valence-electron chi connectivity index (χ3n) is 4.39. The Balaban J connectivity index is 2.93. The lowest BCUT2D eigenvalue weighted by Gasteiger charge is -2.24. The first-order valence-electron chi connectivity index (χ1n) is 9.90. The number of carboxylic acids is 2. The van der Waals surface area contributed by atoms with E-state index >= 15 is 0 Å². The Kier molecular flexibility index (Phi) is 11.4. The van der Waals surface area contributed by atoms with Gasteiger partial charge in [-0.1, -0.05) is 0 Å². The molecule has 0 aliphatic heterocycles. The largest absolute Gasteiger partial charge is 0.481 e. The minimum atomic E-state index is -1.46. The number of hydrogen-bond acceptors (Lipinski definition) is 8. The van der Waals surface area contributed by atoms with Crippen molar-refractivity contribution >= 4 is 29.7 Å². The van der Waals surface area contributed by atoms with E-state index in [2.05, 4.69) is 25.9 Å². The smallest absolute Gasteiger partial charge is 0.326 e. The molecule has 0 saturated carbocycles. The average molecular weight is 455 g/mol. The van der Waals surface area contributed by atoms with E-state index in [4.69, 9.17) is 16.6 Å². The number of hydrogen-bond donors (Lipinski definition) is 8. The van der Waals surface area contributed by atoms with E-state index in [1.54, 1.807) is 0 Å². The van der Waals surface area contributed by atoms with Crippen LogP contribution in [-0.4, -0.2) is 81.1 Å². The molecule has 14 nitrogen and oxygen atoms in total. The average Bonchev–Trinajstić information content (AvgIpc) is 3.24. The van der Waals surface area contributed by atoms with Crippen molar-refractivity contribution in [3.63, 3.8) is 0 Å². The van der Waals surface area contributed by atoms with Gasteiger partial charge in [0.1, 0.15) is 18.1 Å². The fraction of sp³-hybridized carbons (Fsp3) is 0.556. The van der Waals surface area contributed by atoms with Crippen molar-refractivity contribution in [2.75, 3.05) is 13.1 Å². The number of H-pyrrole nitrogens is 1. The lowest BCUT2D eigenvalue weighted by atomic mass is 10.1. The van der Waals surface area contributed by atoms with E-state index in [1.165, 1.54) is 12.5 Å². The normalized spacial score (nSPS) is 13.4. The van der Waals surface area contributed by atoms with Crippen LogP contribution in [0.4, 0.5) is 0 Å². The second-order valence-corrected chi connectivity index (χ2v) is 6.95. The van der Waals surface area contributed by atoms with Crippen molar-refractivity contribution < 1.29 is 34.2 Å². The summed E-state index contributed by atoms with van der Waals surface area (Å²) in [7, 11) is 0. The lowest BCUT2D eigenvalue weighted by Crippen LogP contribution is -2.56. The first-order valence-corrected chi connectivity index (χ1v) is 9.90. The van der Waals surface area contributed by atoms with E-state index in [1.807, 2.05) is 0 Å². The maximum atomic E-state index is 12.8. The highest BCUT2D eigenvalue weighted by atomic mass is 16.4. The summed E-state index contributed by atoms with van der Waals surface area (Å²) in [5.41, 5.74) is 11.1. The van der Waals surface area contributed by atoms with Gasteiger partial charge in [-0.2, -0.15) is 0 Å². The highest BCUT2D eigenvalue weighted by Crippen LogP contribution is 2.05. The van der Waals surface area contributed by atoms with Crippen molar-refractivity contribution in [3.05, 3.63) is 18.2 Å². The van der Waals surface area contributed by atoms with E-state index in [0.29, 0.717) is 25.1 Å². The number of rotatable bonds is 15. The Labute approximate surface area is 183 Å². The van der Waals surface area contributed by atoms with E-state index in [0.717, 1.165) is 0 Å². The zero-order chi connectivity index (χ0) is 24.1. The van der Waals surface area contributed by atoms with Gasteiger partial charge < -0.3 is 42.6 Å². The Morgan fingerprint density at radius 2 is 1.62 bits per heavy atom. The number of amides is 3. The molecule has 0 aromatic carbocycles. The third kappa shape index (κ3) is 9.53. The Hall–Kier alpha value is -3.52. The second kappa shape index (κ2) is 13.7. The number of unbranched alkanes of at least 4 members (excludes halogenated alkanes) is 1. The molecule has 14 heteroatoms. The summed E-state index contributed by atoms with van der Waals surface area (Å²) in [6.07, 6.45) is 3.08. The molecule has 178 valence electrons. The SMILES string of the molecule is NCCCCC(NC(=O)C(CC(=O)O)NC(=O)CN)C(=O)NC(Cc1cnc[nH]1)C(=O)O. The quantitative estimate of drug-likeness (QED) is 0.125. The molecule has 1 heterocycles. The van der Waals surface area contributed by atoms with E-state index in [-0.39, 0.29) is 12.8 Å². The van der Waals surface area contributed by atoms with Crippen LogP contribution in [0.5, 0.6) is 0 Å². The molecule has 3 atom stereocenters. The summed E-state index contributed by atoms with van der Waals surface area (Å²) in [5.74, 6) is -5.08. The number of imidazole rings is 1. The molecule has 0 bridgehead atoms. The van der Waals surface area contributed by atoms with E-state index < -0.39 is 60.8 Å². The molecular weight excluding hydrogens is 426 g/mol. The molecule has 0 fully saturated rings. The van der Waals surface area contributed by atoms with Gasteiger partial charge in [0.2, 0.25) is 17.7 Å². The number of aromatic nitrogens is 2. The van der Waals surface area contributed by atoms with Crippen molar-refractivity contribution in [1.82, 2.24) is 25.9 Å². The van der Waals surface area contributed by atoms with Gasteiger partial charge in [-0.05, 0) is 25.8 Å². The van der Waals surface area contributed by atoms with Gasteiger partial charge in [0.15, 0.2) is 0 Å². The van der Waals surface area contributed by atoms with Gasteiger partial charge in [0, 0.05) is 18.3 Å². The molecule has 1 aromatic heterocycles. The highest BCUT2D eigenvalue weighted by molar-refractivity contribution is 5.95. The van der Waals surface area contributed by atoms with Crippen LogP contribution in [0.3, 0.4) is 0 Å². The summed E-state index contributed by atoms with van der Waals surface area (Å²) in [6, 6.07) is -3.94. The third-order valence-corrected chi connectivity index (χ3v) is 4.39. The summed E-state index contributed by atoms with van der Waals surface area (Å²) in [5, 5.41) is 25.4. The van der Waals surface area contributed by atoms with E-state index in [9.17, 15) is 29.1 Å². The molecule has 0 radical (unpaired) electrons. The van der Waals surface area contributed by atoms with Crippen LogP contribution in [0.25, 0.3) is 0 Å². The number of nitrogens with one attached hydrogen (secondary N) is 4. The molecule has 0 aliphatic carbocycles. The number of aromatic amines is 1. The number of nitrogens with zero attached hydrogens (tertiary/aromatic N) is 1. The Morgan fingerprint density at radius 1 is 0.969 bits per heavy atom. The number of carboxylic acid groups (broad SMARTS) is 2. The molecule has 3 unspecified atom stereocenters. The van der Waals surface area contributed by atoms with Crippen LogP contribution in [0.15, 0.2) is 12.5 Å². The van der Waals surface area contributed by atoms with Gasteiger partial charge in [-0.25, -0.2) is 9.78 Å². The lowest BCUT2D eigenvalue weighted by molar-refractivity contribution is -0.143. The molecule has 3 amide bonds. The number of carbonyl (C=O) groups is 5. The minimum Gasteiger partial charge on any atom is -0.481 e. The molecule has 1 aromatic rings. The highest BCUT2D eigenvalue weighted by Gasteiger charge is 2.30. The minimum absolute atomic E-state index is 0.0707. The van der Waals surface area contributed by atoms with Crippen molar-refractivity contribution in [1.29, 1.82) is 0 Å². The second-order valence-electron chi connectivity index (χ2n) is 6.95. The monoisotopic (exact) mass is 455 g/mol. The molecule has 1 rings (SSSR count). The van der Waals surface area contributed by atoms with Crippen LogP contribution in [0, 0.1) is 0 Å². The van der Waals surface area contributed by atoms with Crippen LogP contribution in [0.2, 0.25) is 0 Å². The van der Waals surface area contributed by atoms with Crippen LogP contribution >= 0.6 is 0 Å². The predicted octanol–water partition coefficient (Wildman–Crippen LogP) is -2.95. The van der Waals surface area contributed by atoms with Crippen molar-refractivity contribution in [3.8, 4) is 0 Å². The first kappa shape index (κ1) is 26.5. The topological polar surface area (TPSA) is 243 Å². The van der Waals surface area contributed by atoms with Gasteiger partial charge in [0.25, 0.3) is 0 Å². The zero-order valence-electron chi connectivity index (χ0n) is 17.4.